The van der Waals surface area contributed by atoms with Gasteiger partial charge in [0.25, 0.3) is 15.9 Å². The number of aryl methyl sites for hydroxylation is 1. The normalized spacial score (nSPS) is 13.2. The van der Waals surface area contributed by atoms with Crippen molar-refractivity contribution in [1.82, 2.24) is 0 Å². The molecule has 1 aliphatic heterocycles. The molecule has 0 spiro atoms. The van der Waals surface area contributed by atoms with Gasteiger partial charge in [0, 0.05) is 17.3 Å². The second kappa shape index (κ2) is 9.64. The van der Waals surface area contributed by atoms with Crippen molar-refractivity contribution in [2.24, 2.45) is 0 Å². The monoisotopic (exact) mass is 484 g/mol. The summed E-state index contributed by atoms with van der Waals surface area (Å²) in [5.74, 6) is -1.14. The Morgan fingerprint density at radius 2 is 1.67 bits per heavy atom. The number of hydrogen-bond donors (Lipinski definition) is 1. The van der Waals surface area contributed by atoms with Crippen LogP contribution in [0.5, 0.6) is 0 Å². The number of amides is 1. The van der Waals surface area contributed by atoms with E-state index in [-0.39, 0.29) is 22.1 Å². The Morgan fingerprint density at radius 1 is 0.970 bits per heavy atom. The summed E-state index contributed by atoms with van der Waals surface area (Å²) in [5.41, 5.74) is 1.95. The summed E-state index contributed by atoms with van der Waals surface area (Å²) in [7, 11) is -3.96. The zero-order chi connectivity index (χ0) is 23.4. The lowest BCUT2D eigenvalue weighted by Gasteiger charge is -2.29. The molecule has 0 saturated heterocycles. The number of fused-ring (bicyclic) bond motifs is 1. The third-order valence-corrected chi connectivity index (χ3v) is 6.89. The number of nitrogens with zero attached hydrogens (tertiary/aromatic N) is 1. The molecule has 0 atom stereocenters. The number of ether oxygens (including phenoxy) is 1. The molecule has 1 aliphatic rings. The standard InChI is InChI=1S/C24H21ClN2O5S/c25-18-11-13-19(14-12-18)33(30,31)26-21-9-3-2-8-20(21)24(29)32-16-23(28)27-15-5-7-17-6-1-4-10-22(17)27/h1-4,6,8-14,26H,5,7,15-16H2. The minimum Gasteiger partial charge on any atom is -0.452 e. The van der Waals surface area contributed by atoms with Gasteiger partial charge < -0.3 is 9.64 Å². The molecule has 170 valence electrons. The highest BCUT2D eigenvalue weighted by molar-refractivity contribution is 7.92. The van der Waals surface area contributed by atoms with Gasteiger partial charge in [-0.25, -0.2) is 13.2 Å². The van der Waals surface area contributed by atoms with Crippen LogP contribution in [-0.4, -0.2) is 33.4 Å². The van der Waals surface area contributed by atoms with Gasteiger partial charge in [-0.2, -0.15) is 0 Å². The van der Waals surface area contributed by atoms with Crippen LogP contribution in [0.3, 0.4) is 0 Å². The summed E-state index contributed by atoms with van der Waals surface area (Å²) in [6.45, 7) is 0.0936. The minimum atomic E-state index is -3.96. The minimum absolute atomic E-state index is 0.00174. The van der Waals surface area contributed by atoms with Crippen LogP contribution in [0.15, 0.2) is 77.7 Å². The number of benzene rings is 3. The Balaban J connectivity index is 1.47. The van der Waals surface area contributed by atoms with Gasteiger partial charge in [0.15, 0.2) is 6.61 Å². The molecular formula is C24H21ClN2O5S. The van der Waals surface area contributed by atoms with Crippen LogP contribution in [0, 0.1) is 0 Å². The van der Waals surface area contributed by atoms with Crippen LogP contribution in [0.2, 0.25) is 5.02 Å². The predicted molar refractivity (Wildman–Crippen MR) is 126 cm³/mol. The average Bonchev–Trinajstić information content (AvgIpc) is 2.82. The summed E-state index contributed by atoms with van der Waals surface area (Å²) < 4.78 is 33.1. The van der Waals surface area contributed by atoms with E-state index in [0.717, 1.165) is 24.1 Å². The Labute approximate surface area is 197 Å². The molecule has 0 aliphatic carbocycles. The van der Waals surface area contributed by atoms with Gasteiger partial charge in [-0.05, 0) is 60.9 Å². The summed E-state index contributed by atoms with van der Waals surface area (Å²) in [4.78, 5) is 27.1. The van der Waals surface area contributed by atoms with Crippen molar-refractivity contribution in [3.63, 3.8) is 0 Å². The van der Waals surface area contributed by atoms with Crippen LogP contribution in [0.4, 0.5) is 11.4 Å². The zero-order valence-electron chi connectivity index (χ0n) is 17.5. The molecular weight excluding hydrogens is 464 g/mol. The van der Waals surface area contributed by atoms with Gasteiger partial charge in [-0.15, -0.1) is 0 Å². The van der Waals surface area contributed by atoms with E-state index in [1.807, 2.05) is 24.3 Å². The number of sulfonamides is 1. The van der Waals surface area contributed by atoms with E-state index in [9.17, 15) is 18.0 Å². The van der Waals surface area contributed by atoms with Gasteiger partial charge in [0.2, 0.25) is 0 Å². The molecule has 0 saturated carbocycles. The SMILES string of the molecule is O=C(OCC(=O)N1CCCc2ccccc21)c1ccccc1NS(=O)(=O)c1ccc(Cl)cc1. The van der Waals surface area contributed by atoms with Crippen molar-refractivity contribution >= 4 is 44.9 Å². The fourth-order valence-corrected chi connectivity index (χ4v) is 4.85. The molecule has 0 unspecified atom stereocenters. The van der Waals surface area contributed by atoms with E-state index in [2.05, 4.69) is 4.72 Å². The van der Waals surface area contributed by atoms with Crippen LogP contribution in [0.25, 0.3) is 0 Å². The average molecular weight is 485 g/mol. The third kappa shape index (κ3) is 5.18. The Hall–Kier alpha value is -3.36. The molecule has 7 nitrogen and oxygen atoms in total. The molecule has 0 fully saturated rings. The number of anilines is 2. The highest BCUT2D eigenvalue weighted by atomic mass is 35.5. The van der Waals surface area contributed by atoms with Crippen LogP contribution >= 0.6 is 11.6 Å². The number of rotatable bonds is 6. The maximum absolute atomic E-state index is 12.7. The number of carbonyl (C=O) groups excluding carboxylic acids is 2. The molecule has 0 bridgehead atoms. The van der Waals surface area contributed by atoms with Gasteiger partial charge in [0.05, 0.1) is 16.1 Å². The summed E-state index contributed by atoms with van der Waals surface area (Å²) in [6, 6.07) is 19.3. The lowest BCUT2D eigenvalue weighted by atomic mass is 10.0. The first-order valence-corrected chi connectivity index (χ1v) is 12.1. The summed E-state index contributed by atoms with van der Waals surface area (Å²) in [5, 5.41) is 0.402. The highest BCUT2D eigenvalue weighted by Crippen LogP contribution is 2.27. The van der Waals surface area contributed by atoms with Crippen molar-refractivity contribution in [2.45, 2.75) is 17.7 Å². The van der Waals surface area contributed by atoms with Gasteiger partial charge in [-0.1, -0.05) is 41.9 Å². The van der Waals surface area contributed by atoms with Gasteiger partial charge >= 0.3 is 5.97 Å². The van der Waals surface area contributed by atoms with Crippen molar-refractivity contribution in [2.75, 3.05) is 22.8 Å². The fraction of sp³-hybridized carbons (Fsp3) is 0.167. The Bertz CT molecular complexity index is 1290. The van der Waals surface area contributed by atoms with Crippen LogP contribution in [-0.2, 0) is 26.0 Å². The Kier molecular flexibility index (Phi) is 6.67. The molecule has 0 aromatic heterocycles. The second-order valence-electron chi connectivity index (χ2n) is 7.46. The van der Waals surface area contributed by atoms with Crippen molar-refractivity contribution in [1.29, 1.82) is 0 Å². The zero-order valence-corrected chi connectivity index (χ0v) is 19.1. The first-order valence-electron chi connectivity index (χ1n) is 10.3. The van der Waals surface area contributed by atoms with Crippen LogP contribution in [0.1, 0.15) is 22.3 Å². The number of carbonyl (C=O) groups is 2. The maximum atomic E-state index is 12.7. The van der Waals surface area contributed by atoms with Crippen molar-refractivity contribution in [3.8, 4) is 0 Å². The summed E-state index contributed by atoms with van der Waals surface area (Å²) >= 11 is 5.83. The fourth-order valence-electron chi connectivity index (χ4n) is 3.64. The molecule has 1 amide bonds. The van der Waals surface area contributed by atoms with E-state index in [1.165, 1.54) is 36.4 Å². The van der Waals surface area contributed by atoms with E-state index < -0.39 is 22.6 Å². The highest BCUT2D eigenvalue weighted by Gasteiger charge is 2.24. The lowest BCUT2D eigenvalue weighted by molar-refractivity contribution is -0.121. The predicted octanol–water partition coefficient (Wildman–Crippen LogP) is 4.28. The molecule has 1 heterocycles. The van der Waals surface area contributed by atoms with E-state index in [0.29, 0.717) is 11.6 Å². The van der Waals surface area contributed by atoms with E-state index in [4.69, 9.17) is 16.3 Å². The molecule has 0 radical (unpaired) electrons. The van der Waals surface area contributed by atoms with Crippen molar-refractivity contribution < 1.29 is 22.7 Å². The molecule has 3 aromatic rings. The van der Waals surface area contributed by atoms with Crippen molar-refractivity contribution in [3.05, 3.63) is 88.9 Å². The largest absolute Gasteiger partial charge is 0.452 e. The van der Waals surface area contributed by atoms with E-state index >= 15 is 0 Å². The first kappa shape index (κ1) is 22.8. The quantitative estimate of drug-likeness (QED) is 0.527. The number of esters is 1. The second-order valence-corrected chi connectivity index (χ2v) is 9.58. The topological polar surface area (TPSA) is 92.8 Å². The number of para-hydroxylation sites is 2. The number of nitrogens with one attached hydrogen (secondary N) is 1. The molecule has 9 heteroatoms. The van der Waals surface area contributed by atoms with Crippen LogP contribution < -0.4 is 9.62 Å². The number of hydrogen-bond acceptors (Lipinski definition) is 5. The molecule has 4 rings (SSSR count). The maximum Gasteiger partial charge on any atom is 0.340 e. The lowest BCUT2D eigenvalue weighted by Crippen LogP contribution is -2.38. The smallest absolute Gasteiger partial charge is 0.340 e. The molecule has 33 heavy (non-hydrogen) atoms. The Morgan fingerprint density at radius 3 is 2.45 bits per heavy atom. The molecule has 1 N–H and O–H groups in total. The summed E-state index contributed by atoms with van der Waals surface area (Å²) in [6.07, 6.45) is 1.72. The molecule has 3 aromatic carbocycles. The van der Waals surface area contributed by atoms with Gasteiger partial charge in [0.1, 0.15) is 0 Å². The van der Waals surface area contributed by atoms with E-state index in [1.54, 1.807) is 17.0 Å². The first-order chi connectivity index (χ1) is 15.8. The third-order valence-electron chi connectivity index (χ3n) is 5.25. The number of halogens is 1. The van der Waals surface area contributed by atoms with Gasteiger partial charge in [-0.3, -0.25) is 9.52 Å².